The first-order valence-corrected chi connectivity index (χ1v) is 8.19. The van der Waals surface area contributed by atoms with Gasteiger partial charge in [-0.3, -0.25) is 0 Å². The van der Waals surface area contributed by atoms with Crippen molar-refractivity contribution in [3.05, 3.63) is 0 Å². The molecule has 11 heavy (non-hydrogen) atoms. The normalized spacial score (nSPS) is 15.2. The van der Waals surface area contributed by atoms with E-state index in [0.29, 0.717) is 6.61 Å². The maximum absolute atomic E-state index is 10.4. The summed E-state index contributed by atoms with van der Waals surface area (Å²) >= 11 is 6.21. The van der Waals surface area contributed by atoms with E-state index >= 15 is 0 Å². The molecule has 0 unspecified atom stereocenters. The van der Waals surface area contributed by atoms with Crippen LogP contribution in [0.15, 0.2) is 0 Å². The van der Waals surface area contributed by atoms with Gasteiger partial charge in [0, 0.05) is 0 Å². The van der Waals surface area contributed by atoms with Gasteiger partial charge >= 0.3 is 72.4 Å². The molecule has 0 aliphatic rings. The second-order valence-corrected chi connectivity index (χ2v) is 14.0. The Bertz CT molecular complexity index is 150. The molecular formula is C7H16ClO2P. The maximum atomic E-state index is 10.4. The van der Waals surface area contributed by atoms with E-state index in [0.717, 1.165) is 6.16 Å². The molecule has 0 saturated carbocycles. The molecule has 0 spiro atoms. The van der Waals surface area contributed by atoms with Crippen LogP contribution in [0.25, 0.3) is 0 Å². The molecule has 0 radical (unpaired) electrons. The van der Waals surface area contributed by atoms with E-state index < -0.39 is 5.96 Å². The Balaban J connectivity index is 3.64. The molecule has 0 bridgehead atoms. The molecule has 0 fully saturated rings. The SMILES string of the molecule is CC(=O)OCCP(C)(C)(C)Cl. The first-order valence-electron chi connectivity index (χ1n) is 3.52. The molecule has 2 nitrogen and oxygen atoms in total. The van der Waals surface area contributed by atoms with Crippen molar-refractivity contribution in [2.75, 3.05) is 32.8 Å². The second kappa shape index (κ2) is 3.28. The van der Waals surface area contributed by atoms with Gasteiger partial charge in [-0.25, -0.2) is 0 Å². The van der Waals surface area contributed by atoms with Crippen LogP contribution in [0.5, 0.6) is 0 Å². The Labute approximate surface area is 73.0 Å². The van der Waals surface area contributed by atoms with Gasteiger partial charge in [-0.15, -0.1) is 0 Å². The van der Waals surface area contributed by atoms with E-state index in [1.807, 2.05) is 20.0 Å². The average molecular weight is 199 g/mol. The van der Waals surface area contributed by atoms with Crippen molar-refractivity contribution in [1.29, 1.82) is 0 Å². The van der Waals surface area contributed by atoms with Crippen molar-refractivity contribution in [2.45, 2.75) is 6.92 Å². The molecular weight excluding hydrogens is 183 g/mol. The number of ether oxygens (including phenoxy) is 1. The summed E-state index contributed by atoms with van der Waals surface area (Å²) in [5, 5.41) is 0. The van der Waals surface area contributed by atoms with Crippen molar-refractivity contribution in [1.82, 2.24) is 0 Å². The molecule has 0 aromatic heterocycles. The molecule has 0 aliphatic carbocycles. The predicted octanol–water partition coefficient (Wildman–Crippen LogP) is 2.15. The van der Waals surface area contributed by atoms with Crippen molar-refractivity contribution < 1.29 is 9.53 Å². The fourth-order valence-corrected chi connectivity index (χ4v) is 1.41. The van der Waals surface area contributed by atoms with Gasteiger partial charge in [0.15, 0.2) is 0 Å². The number of halogens is 1. The third-order valence-corrected chi connectivity index (χ3v) is 3.35. The summed E-state index contributed by atoms with van der Waals surface area (Å²) in [6.45, 7) is 7.97. The van der Waals surface area contributed by atoms with Crippen LogP contribution in [0.2, 0.25) is 0 Å². The fraction of sp³-hybridized carbons (Fsp3) is 0.857. The van der Waals surface area contributed by atoms with E-state index in [1.54, 1.807) is 0 Å². The second-order valence-electron chi connectivity index (χ2n) is 3.98. The van der Waals surface area contributed by atoms with Crippen LogP contribution in [0.1, 0.15) is 6.92 Å². The van der Waals surface area contributed by atoms with Crippen molar-refractivity contribution in [2.24, 2.45) is 0 Å². The third-order valence-electron chi connectivity index (χ3n) is 1.15. The van der Waals surface area contributed by atoms with Crippen molar-refractivity contribution >= 4 is 23.2 Å². The summed E-state index contributed by atoms with van der Waals surface area (Å²) in [6, 6.07) is 0. The molecule has 0 atom stereocenters. The minimum absolute atomic E-state index is 0.234. The quantitative estimate of drug-likeness (QED) is 0.513. The van der Waals surface area contributed by atoms with Gasteiger partial charge in [-0.05, 0) is 0 Å². The Morgan fingerprint density at radius 1 is 1.45 bits per heavy atom. The number of rotatable bonds is 3. The van der Waals surface area contributed by atoms with Crippen LogP contribution < -0.4 is 0 Å². The molecule has 4 heteroatoms. The van der Waals surface area contributed by atoms with Gasteiger partial charge in [0.05, 0.1) is 0 Å². The Kier molecular flexibility index (Phi) is 3.34. The van der Waals surface area contributed by atoms with Gasteiger partial charge in [0.2, 0.25) is 0 Å². The zero-order chi connectivity index (χ0) is 9.15. The average Bonchev–Trinajstić information content (AvgIpc) is 1.56. The predicted molar refractivity (Wildman–Crippen MR) is 52.0 cm³/mol. The zero-order valence-corrected chi connectivity index (χ0v) is 9.21. The van der Waals surface area contributed by atoms with Gasteiger partial charge in [-0.1, -0.05) is 0 Å². The molecule has 0 heterocycles. The molecule has 0 aromatic rings. The topological polar surface area (TPSA) is 26.3 Å². The van der Waals surface area contributed by atoms with Crippen LogP contribution >= 0.6 is 17.2 Å². The molecule has 0 N–H and O–H groups in total. The van der Waals surface area contributed by atoms with Crippen LogP contribution in [0.3, 0.4) is 0 Å². The van der Waals surface area contributed by atoms with Gasteiger partial charge in [0.25, 0.3) is 0 Å². The van der Waals surface area contributed by atoms with E-state index in [1.165, 1.54) is 6.92 Å². The van der Waals surface area contributed by atoms with E-state index in [4.69, 9.17) is 16.0 Å². The summed E-state index contributed by atoms with van der Waals surface area (Å²) in [5.41, 5.74) is 0. The molecule has 0 saturated heterocycles. The Hall–Kier alpha value is 0.190. The minimum atomic E-state index is -1.98. The third kappa shape index (κ3) is 10.2. The van der Waals surface area contributed by atoms with E-state index in [9.17, 15) is 4.79 Å². The van der Waals surface area contributed by atoms with Crippen LogP contribution in [0.4, 0.5) is 0 Å². The van der Waals surface area contributed by atoms with Crippen LogP contribution in [-0.2, 0) is 9.53 Å². The number of carbonyl (C=O) groups excluding carboxylic acids is 1. The standard InChI is InChI=1S/C7H16ClO2P/c1-7(9)10-5-6-11(2,3,4)8/h5-6H2,1-4H3. The summed E-state index contributed by atoms with van der Waals surface area (Å²) < 4.78 is 4.79. The molecule has 68 valence electrons. The van der Waals surface area contributed by atoms with E-state index in [2.05, 4.69) is 0 Å². The Morgan fingerprint density at radius 3 is 2.18 bits per heavy atom. The van der Waals surface area contributed by atoms with Crippen molar-refractivity contribution in [3.8, 4) is 0 Å². The number of hydrogen-bond donors (Lipinski definition) is 0. The van der Waals surface area contributed by atoms with E-state index in [-0.39, 0.29) is 5.97 Å². The van der Waals surface area contributed by atoms with Gasteiger partial charge in [-0.2, -0.15) is 0 Å². The number of hydrogen-bond acceptors (Lipinski definition) is 2. The molecule has 0 aromatic carbocycles. The fourth-order valence-electron chi connectivity index (χ4n) is 0.498. The number of carbonyl (C=O) groups is 1. The summed E-state index contributed by atoms with van der Waals surface area (Å²) in [6.07, 6.45) is 0.784. The Morgan fingerprint density at radius 2 is 1.91 bits per heavy atom. The summed E-state index contributed by atoms with van der Waals surface area (Å²) in [4.78, 5) is 10.4. The summed E-state index contributed by atoms with van der Waals surface area (Å²) in [5.74, 6) is -2.22. The van der Waals surface area contributed by atoms with Crippen LogP contribution in [-0.4, -0.2) is 38.7 Å². The zero-order valence-electron chi connectivity index (χ0n) is 7.56. The van der Waals surface area contributed by atoms with Gasteiger partial charge < -0.3 is 0 Å². The summed E-state index contributed by atoms with van der Waals surface area (Å²) in [7, 11) is 0. The molecule has 0 rings (SSSR count). The first kappa shape index (κ1) is 11.2. The monoisotopic (exact) mass is 198 g/mol. The first-order chi connectivity index (χ1) is 4.67. The van der Waals surface area contributed by atoms with Crippen molar-refractivity contribution in [3.63, 3.8) is 0 Å². The molecule has 0 amide bonds. The molecule has 0 aliphatic heterocycles. The number of esters is 1. The van der Waals surface area contributed by atoms with Gasteiger partial charge in [0.1, 0.15) is 0 Å². The van der Waals surface area contributed by atoms with Crippen LogP contribution in [0, 0.1) is 0 Å².